The third kappa shape index (κ3) is 9.43. The summed E-state index contributed by atoms with van der Waals surface area (Å²) in [5, 5.41) is 0. The Morgan fingerprint density at radius 3 is 1.25 bits per heavy atom. The largest absolute Gasteiger partial charge is 0.497 e. The number of unbranched alkanes of at least 4 members (excludes halogenated alkanes) is 4. The maximum Gasteiger partial charge on any atom is 0.119 e. The highest BCUT2D eigenvalue weighted by Gasteiger charge is 2.12. The van der Waals surface area contributed by atoms with Crippen LogP contribution in [0.2, 0.25) is 0 Å². The van der Waals surface area contributed by atoms with Crippen molar-refractivity contribution in [3.63, 3.8) is 0 Å². The minimum atomic E-state index is 0.840. The molecule has 3 aromatic rings. The zero-order valence-corrected chi connectivity index (χ0v) is 25.7. The zero-order chi connectivity index (χ0) is 28.6. The minimum Gasteiger partial charge on any atom is -0.497 e. The second-order valence-electron chi connectivity index (χ2n) is 10.6. The molecule has 0 aromatic heterocycles. The van der Waals surface area contributed by atoms with Crippen LogP contribution in [-0.4, -0.2) is 39.0 Å². The molecule has 4 heteroatoms. The van der Waals surface area contributed by atoms with E-state index in [1.54, 1.807) is 7.11 Å². The third-order valence-electron chi connectivity index (χ3n) is 7.45. The van der Waals surface area contributed by atoms with Gasteiger partial charge in [-0.2, -0.15) is 0 Å². The highest BCUT2D eigenvalue weighted by Crippen LogP contribution is 2.25. The summed E-state index contributed by atoms with van der Waals surface area (Å²) in [6.07, 6.45) is 9.72. The minimum absolute atomic E-state index is 0.840. The van der Waals surface area contributed by atoms with E-state index in [-0.39, 0.29) is 0 Å². The van der Waals surface area contributed by atoms with E-state index in [2.05, 4.69) is 86.0 Å². The summed E-state index contributed by atoms with van der Waals surface area (Å²) in [6, 6.07) is 26.1. The van der Waals surface area contributed by atoms with Crippen molar-refractivity contribution < 1.29 is 4.74 Å². The van der Waals surface area contributed by atoms with Crippen LogP contribution in [0.15, 0.2) is 77.8 Å². The maximum absolute atomic E-state index is 5.37. The monoisotopic (exact) mass is 541 g/mol. The number of anilines is 2. The molecule has 0 bridgehead atoms. The molecule has 40 heavy (non-hydrogen) atoms. The molecule has 0 saturated heterocycles. The summed E-state index contributed by atoms with van der Waals surface area (Å²) in [6.45, 7) is 13.5. The second-order valence-corrected chi connectivity index (χ2v) is 10.6. The molecule has 0 atom stereocenters. The molecule has 0 spiro atoms. The molecular formula is C36H51N3O. The van der Waals surface area contributed by atoms with E-state index in [1.165, 1.54) is 62.7 Å². The average molecular weight is 542 g/mol. The van der Waals surface area contributed by atoms with Crippen LogP contribution in [0, 0.1) is 0 Å². The van der Waals surface area contributed by atoms with Crippen LogP contribution in [-0.2, 0) is 0 Å². The maximum atomic E-state index is 5.37. The molecule has 0 heterocycles. The SMILES string of the molecule is CCCCN(CCCC)c1ccc(C(=Nc2ccc(OC)cc2)c2ccc(N(CCCC)CCCC)cc2)cc1. The van der Waals surface area contributed by atoms with Crippen molar-refractivity contribution in [1.29, 1.82) is 0 Å². The average Bonchev–Trinajstić information content (AvgIpc) is 3.01. The number of benzene rings is 3. The van der Waals surface area contributed by atoms with E-state index < -0.39 is 0 Å². The number of hydrogen-bond donors (Lipinski definition) is 0. The van der Waals surface area contributed by atoms with Gasteiger partial charge in [0.05, 0.1) is 18.5 Å². The number of rotatable bonds is 18. The standard InChI is InChI=1S/C36H51N3O/c1-6-10-26-38(27-11-7-2)33-20-14-30(15-21-33)36(37-32-18-24-35(40-5)25-19-32)31-16-22-34(23-17-31)39(28-12-8-3)29-13-9-4/h14-25H,6-13,26-29H2,1-5H3. The lowest BCUT2D eigenvalue weighted by Crippen LogP contribution is -2.25. The number of hydrogen-bond acceptors (Lipinski definition) is 4. The fourth-order valence-corrected chi connectivity index (χ4v) is 4.88. The highest BCUT2D eigenvalue weighted by molar-refractivity contribution is 6.14. The molecule has 0 amide bonds. The lowest BCUT2D eigenvalue weighted by molar-refractivity contribution is 0.415. The van der Waals surface area contributed by atoms with Crippen molar-refractivity contribution in [2.75, 3.05) is 43.1 Å². The van der Waals surface area contributed by atoms with Gasteiger partial charge in [0, 0.05) is 48.7 Å². The van der Waals surface area contributed by atoms with Gasteiger partial charge in [-0.3, -0.25) is 0 Å². The van der Waals surface area contributed by atoms with E-state index in [9.17, 15) is 0 Å². The van der Waals surface area contributed by atoms with Crippen molar-refractivity contribution >= 4 is 22.8 Å². The van der Waals surface area contributed by atoms with Gasteiger partial charge < -0.3 is 14.5 Å². The summed E-state index contributed by atoms with van der Waals surface area (Å²) < 4.78 is 5.37. The molecule has 3 rings (SSSR count). The summed E-state index contributed by atoms with van der Waals surface area (Å²) >= 11 is 0. The first kappa shape index (κ1) is 31.3. The summed E-state index contributed by atoms with van der Waals surface area (Å²) in [7, 11) is 1.70. The van der Waals surface area contributed by atoms with Crippen molar-refractivity contribution in [3.8, 4) is 5.75 Å². The van der Waals surface area contributed by atoms with E-state index in [1.807, 2.05) is 24.3 Å². The van der Waals surface area contributed by atoms with E-state index in [0.717, 1.165) is 54.5 Å². The van der Waals surface area contributed by atoms with Gasteiger partial charge >= 0.3 is 0 Å². The van der Waals surface area contributed by atoms with Gasteiger partial charge in [-0.1, -0.05) is 77.6 Å². The Bertz CT molecular complexity index is 1040. The van der Waals surface area contributed by atoms with Crippen LogP contribution in [0.3, 0.4) is 0 Å². The molecule has 0 saturated carbocycles. The summed E-state index contributed by atoms with van der Waals surface area (Å²) in [5.74, 6) is 0.840. The Morgan fingerprint density at radius 1 is 0.550 bits per heavy atom. The fraction of sp³-hybridized carbons (Fsp3) is 0.472. The Morgan fingerprint density at radius 2 is 0.925 bits per heavy atom. The lowest BCUT2D eigenvalue weighted by Gasteiger charge is -2.25. The molecule has 216 valence electrons. The molecule has 0 fully saturated rings. The normalized spacial score (nSPS) is 10.8. The number of ether oxygens (including phenoxy) is 1. The van der Waals surface area contributed by atoms with Crippen molar-refractivity contribution in [1.82, 2.24) is 0 Å². The molecule has 0 unspecified atom stereocenters. The molecule has 0 radical (unpaired) electrons. The first-order chi connectivity index (χ1) is 19.6. The topological polar surface area (TPSA) is 28.1 Å². The first-order valence-electron chi connectivity index (χ1n) is 15.6. The number of nitrogens with zero attached hydrogens (tertiary/aromatic N) is 3. The van der Waals surface area contributed by atoms with Crippen LogP contribution >= 0.6 is 0 Å². The van der Waals surface area contributed by atoms with Crippen molar-refractivity contribution in [2.45, 2.75) is 79.1 Å². The van der Waals surface area contributed by atoms with E-state index in [0.29, 0.717) is 0 Å². The molecule has 4 nitrogen and oxygen atoms in total. The van der Waals surface area contributed by atoms with Gasteiger partial charge in [0.15, 0.2) is 0 Å². The fourth-order valence-electron chi connectivity index (χ4n) is 4.88. The number of aliphatic imine (C=N–C) groups is 1. The highest BCUT2D eigenvalue weighted by atomic mass is 16.5. The smallest absolute Gasteiger partial charge is 0.119 e. The van der Waals surface area contributed by atoms with Crippen LogP contribution in [0.1, 0.15) is 90.2 Å². The molecule has 0 aliphatic heterocycles. The predicted octanol–water partition coefficient (Wildman–Crippen LogP) is 9.68. The molecule has 3 aromatic carbocycles. The van der Waals surface area contributed by atoms with Gasteiger partial charge in [-0.25, -0.2) is 4.99 Å². The van der Waals surface area contributed by atoms with E-state index >= 15 is 0 Å². The number of methoxy groups -OCH3 is 1. The van der Waals surface area contributed by atoms with Gasteiger partial charge in [0.25, 0.3) is 0 Å². The molecule has 0 aliphatic carbocycles. The summed E-state index contributed by atoms with van der Waals surface area (Å²) in [5.41, 5.74) is 6.77. The van der Waals surface area contributed by atoms with E-state index in [4.69, 9.17) is 9.73 Å². The van der Waals surface area contributed by atoms with Crippen LogP contribution < -0.4 is 14.5 Å². The second kappa shape index (κ2) is 17.4. The van der Waals surface area contributed by atoms with Crippen LogP contribution in [0.25, 0.3) is 0 Å². The molecule has 0 aliphatic rings. The molecular weight excluding hydrogens is 490 g/mol. The zero-order valence-electron chi connectivity index (χ0n) is 25.7. The van der Waals surface area contributed by atoms with Crippen LogP contribution in [0.4, 0.5) is 17.1 Å². The van der Waals surface area contributed by atoms with Gasteiger partial charge in [0.2, 0.25) is 0 Å². The Hall–Kier alpha value is -3.27. The van der Waals surface area contributed by atoms with Gasteiger partial charge in [-0.15, -0.1) is 0 Å². The lowest BCUT2D eigenvalue weighted by atomic mass is 10.0. The van der Waals surface area contributed by atoms with Gasteiger partial charge in [0.1, 0.15) is 5.75 Å². The van der Waals surface area contributed by atoms with Crippen molar-refractivity contribution in [3.05, 3.63) is 83.9 Å². The Labute approximate surface area is 244 Å². The predicted molar refractivity (Wildman–Crippen MR) is 175 cm³/mol. The first-order valence-corrected chi connectivity index (χ1v) is 15.6. The Kier molecular flexibility index (Phi) is 13.6. The summed E-state index contributed by atoms with van der Waals surface area (Å²) in [4.78, 5) is 10.2. The quantitative estimate of drug-likeness (QED) is 0.150. The Balaban J connectivity index is 1.95. The van der Waals surface area contributed by atoms with Gasteiger partial charge in [-0.05, 0) is 74.2 Å². The molecule has 0 N–H and O–H groups in total. The third-order valence-corrected chi connectivity index (χ3v) is 7.45. The van der Waals surface area contributed by atoms with Crippen LogP contribution in [0.5, 0.6) is 5.75 Å². The van der Waals surface area contributed by atoms with Crippen molar-refractivity contribution in [2.24, 2.45) is 4.99 Å².